The highest BCUT2D eigenvalue weighted by molar-refractivity contribution is 8.07. The highest BCUT2D eigenvalue weighted by Crippen LogP contribution is 2.26. The van der Waals surface area contributed by atoms with Crippen molar-refractivity contribution >= 4 is 23.6 Å². The number of rotatable bonds is 4. The van der Waals surface area contributed by atoms with Gasteiger partial charge in [0, 0.05) is 0 Å². The Labute approximate surface area is 99.7 Å². The SMILES string of the molecule is C=C(C)S/C(=C\c1ccc(O)cc1)C(C)=O. The van der Waals surface area contributed by atoms with Gasteiger partial charge in [-0.25, -0.2) is 0 Å². The summed E-state index contributed by atoms with van der Waals surface area (Å²) >= 11 is 1.36. The van der Waals surface area contributed by atoms with E-state index in [1.165, 1.54) is 18.7 Å². The molecule has 0 saturated heterocycles. The van der Waals surface area contributed by atoms with E-state index >= 15 is 0 Å². The Morgan fingerprint density at radius 1 is 1.31 bits per heavy atom. The maximum Gasteiger partial charge on any atom is 0.166 e. The van der Waals surface area contributed by atoms with Gasteiger partial charge >= 0.3 is 0 Å². The van der Waals surface area contributed by atoms with Crippen LogP contribution in [0.15, 0.2) is 40.7 Å². The summed E-state index contributed by atoms with van der Waals surface area (Å²) in [5, 5.41) is 9.14. The molecule has 0 bridgehead atoms. The first-order valence-corrected chi connectivity index (χ1v) is 5.65. The first-order chi connectivity index (χ1) is 7.49. The summed E-state index contributed by atoms with van der Waals surface area (Å²) in [6.45, 7) is 7.15. The second-order valence-electron chi connectivity index (χ2n) is 3.46. The van der Waals surface area contributed by atoms with Crippen molar-refractivity contribution in [1.82, 2.24) is 0 Å². The van der Waals surface area contributed by atoms with Gasteiger partial charge in [-0.1, -0.05) is 30.5 Å². The van der Waals surface area contributed by atoms with Crippen molar-refractivity contribution < 1.29 is 9.90 Å². The molecule has 1 aromatic carbocycles. The highest BCUT2D eigenvalue weighted by Gasteiger charge is 2.05. The van der Waals surface area contributed by atoms with Crippen LogP contribution in [0.2, 0.25) is 0 Å². The molecule has 84 valence electrons. The van der Waals surface area contributed by atoms with Crippen LogP contribution in [-0.4, -0.2) is 10.9 Å². The van der Waals surface area contributed by atoms with E-state index in [0.717, 1.165) is 10.5 Å². The molecule has 0 fully saturated rings. The highest BCUT2D eigenvalue weighted by atomic mass is 32.2. The van der Waals surface area contributed by atoms with Crippen LogP contribution in [0.4, 0.5) is 0 Å². The zero-order valence-electron chi connectivity index (χ0n) is 9.36. The molecule has 0 aliphatic carbocycles. The van der Waals surface area contributed by atoms with Crippen LogP contribution in [0.5, 0.6) is 5.75 Å². The molecule has 0 aromatic heterocycles. The average molecular weight is 234 g/mol. The van der Waals surface area contributed by atoms with E-state index in [9.17, 15) is 4.79 Å². The summed E-state index contributed by atoms with van der Waals surface area (Å²) in [5.74, 6) is 0.232. The van der Waals surface area contributed by atoms with Crippen LogP contribution in [-0.2, 0) is 4.79 Å². The van der Waals surface area contributed by atoms with E-state index in [2.05, 4.69) is 6.58 Å². The lowest BCUT2D eigenvalue weighted by Gasteiger charge is -2.03. The third-order valence-electron chi connectivity index (χ3n) is 1.82. The van der Waals surface area contributed by atoms with Crippen molar-refractivity contribution in [3.05, 3.63) is 46.2 Å². The number of carbonyl (C=O) groups is 1. The molecule has 0 amide bonds. The molecular weight excluding hydrogens is 220 g/mol. The number of hydrogen-bond donors (Lipinski definition) is 1. The third-order valence-corrected chi connectivity index (χ3v) is 2.80. The number of benzene rings is 1. The van der Waals surface area contributed by atoms with Crippen LogP contribution in [0.1, 0.15) is 19.4 Å². The lowest BCUT2D eigenvalue weighted by atomic mass is 10.2. The maximum absolute atomic E-state index is 11.4. The Bertz CT molecular complexity index is 430. The molecule has 2 nitrogen and oxygen atoms in total. The Kier molecular flexibility index (Phi) is 4.38. The fourth-order valence-corrected chi connectivity index (χ4v) is 1.83. The van der Waals surface area contributed by atoms with Crippen molar-refractivity contribution in [3.8, 4) is 5.75 Å². The average Bonchev–Trinajstić information content (AvgIpc) is 2.19. The zero-order valence-corrected chi connectivity index (χ0v) is 10.2. The summed E-state index contributed by atoms with van der Waals surface area (Å²) in [4.78, 5) is 12.9. The topological polar surface area (TPSA) is 37.3 Å². The molecule has 0 saturated carbocycles. The second kappa shape index (κ2) is 5.56. The molecule has 1 rings (SSSR count). The summed E-state index contributed by atoms with van der Waals surface area (Å²) < 4.78 is 0. The third kappa shape index (κ3) is 3.95. The van der Waals surface area contributed by atoms with Crippen molar-refractivity contribution in [2.24, 2.45) is 0 Å². The molecule has 3 heteroatoms. The summed E-state index contributed by atoms with van der Waals surface area (Å²) in [7, 11) is 0. The van der Waals surface area contributed by atoms with Gasteiger partial charge in [0.1, 0.15) is 5.75 Å². The van der Waals surface area contributed by atoms with Crippen molar-refractivity contribution in [2.75, 3.05) is 0 Å². The predicted octanol–water partition coefficient (Wildman–Crippen LogP) is 3.59. The van der Waals surface area contributed by atoms with Gasteiger partial charge in [0.15, 0.2) is 5.78 Å². The first-order valence-electron chi connectivity index (χ1n) is 4.84. The first kappa shape index (κ1) is 12.6. The van der Waals surface area contributed by atoms with Gasteiger partial charge in [-0.05, 0) is 42.5 Å². The summed E-state index contributed by atoms with van der Waals surface area (Å²) in [6, 6.07) is 6.71. The number of allylic oxidation sites excluding steroid dienone is 2. The van der Waals surface area contributed by atoms with Gasteiger partial charge in [-0.15, -0.1) is 0 Å². The minimum absolute atomic E-state index is 0.0149. The number of phenols is 1. The molecule has 0 radical (unpaired) electrons. The number of thioether (sulfide) groups is 1. The smallest absolute Gasteiger partial charge is 0.166 e. The van der Waals surface area contributed by atoms with Crippen LogP contribution in [0.25, 0.3) is 6.08 Å². The van der Waals surface area contributed by atoms with Gasteiger partial charge in [-0.3, -0.25) is 4.79 Å². The van der Waals surface area contributed by atoms with Gasteiger partial charge in [0.25, 0.3) is 0 Å². The fourth-order valence-electron chi connectivity index (χ4n) is 1.11. The van der Waals surface area contributed by atoms with Crippen molar-refractivity contribution in [3.63, 3.8) is 0 Å². The number of hydrogen-bond acceptors (Lipinski definition) is 3. The monoisotopic (exact) mass is 234 g/mol. The number of Topliss-reactive ketones (excluding diaryl/α,β-unsaturated/α-hetero) is 1. The van der Waals surface area contributed by atoms with Gasteiger partial charge in [0.2, 0.25) is 0 Å². The number of carbonyl (C=O) groups excluding carboxylic acids is 1. The molecule has 0 aliphatic heterocycles. The Hall–Kier alpha value is -1.48. The molecule has 0 spiro atoms. The number of ketones is 1. The molecule has 16 heavy (non-hydrogen) atoms. The molecule has 1 aromatic rings. The molecule has 0 atom stereocenters. The summed E-state index contributed by atoms with van der Waals surface area (Å²) in [6.07, 6.45) is 1.79. The van der Waals surface area contributed by atoms with Crippen molar-refractivity contribution in [1.29, 1.82) is 0 Å². The van der Waals surface area contributed by atoms with Crippen LogP contribution >= 0.6 is 11.8 Å². The molecule has 1 N–H and O–H groups in total. The predicted molar refractivity (Wildman–Crippen MR) is 69.2 cm³/mol. The van der Waals surface area contributed by atoms with Gasteiger partial charge in [-0.2, -0.15) is 0 Å². The fraction of sp³-hybridized carbons (Fsp3) is 0.154. The second-order valence-corrected chi connectivity index (χ2v) is 4.80. The van der Waals surface area contributed by atoms with Crippen LogP contribution in [0, 0.1) is 0 Å². The van der Waals surface area contributed by atoms with Gasteiger partial charge in [0.05, 0.1) is 4.91 Å². The number of aromatic hydroxyl groups is 1. The van der Waals surface area contributed by atoms with E-state index in [1.54, 1.807) is 30.3 Å². The normalized spacial score (nSPS) is 11.2. The Morgan fingerprint density at radius 3 is 2.31 bits per heavy atom. The Balaban J connectivity index is 2.97. The minimum atomic E-state index is 0.0149. The zero-order chi connectivity index (χ0) is 12.1. The van der Waals surface area contributed by atoms with Crippen molar-refractivity contribution in [2.45, 2.75) is 13.8 Å². The maximum atomic E-state index is 11.4. The van der Waals surface area contributed by atoms with Crippen LogP contribution in [0.3, 0.4) is 0 Å². The van der Waals surface area contributed by atoms with E-state index in [0.29, 0.717) is 4.91 Å². The largest absolute Gasteiger partial charge is 0.508 e. The van der Waals surface area contributed by atoms with E-state index < -0.39 is 0 Å². The molecular formula is C13H14O2S. The van der Waals surface area contributed by atoms with Gasteiger partial charge < -0.3 is 5.11 Å². The lowest BCUT2D eigenvalue weighted by Crippen LogP contribution is -1.91. The molecule has 0 heterocycles. The van der Waals surface area contributed by atoms with E-state index in [-0.39, 0.29) is 11.5 Å². The standard InChI is InChI=1S/C13H14O2S/c1-9(2)16-13(10(3)14)8-11-4-6-12(15)7-5-11/h4-8,15H,1H2,2-3H3/b13-8-. The Morgan fingerprint density at radius 2 is 1.88 bits per heavy atom. The number of phenolic OH excluding ortho intramolecular Hbond substituents is 1. The molecule has 0 unspecified atom stereocenters. The van der Waals surface area contributed by atoms with E-state index in [4.69, 9.17) is 5.11 Å². The summed E-state index contributed by atoms with van der Waals surface area (Å²) in [5.41, 5.74) is 0.886. The van der Waals surface area contributed by atoms with Crippen LogP contribution < -0.4 is 0 Å². The quantitative estimate of drug-likeness (QED) is 0.809. The molecule has 0 aliphatic rings. The van der Waals surface area contributed by atoms with E-state index in [1.807, 2.05) is 6.92 Å². The lowest BCUT2D eigenvalue weighted by molar-refractivity contribution is -0.112. The minimum Gasteiger partial charge on any atom is -0.508 e.